The van der Waals surface area contributed by atoms with Crippen molar-refractivity contribution in [3.05, 3.63) is 35.8 Å². The molecule has 0 amide bonds. The van der Waals surface area contributed by atoms with Crippen LogP contribution in [-0.2, 0) is 7.05 Å². The molecule has 2 aromatic heterocycles. The lowest BCUT2D eigenvalue weighted by Crippen LogP contribution is -1.97. The van der Waals surface area contributed by atoms with E-state index in [1.807, 2.05) is 30.7 Å². The van der Waals surface area contributed by atoms with E-state index in [-0.39, 0.29) is 5.82 Å². The predicted molar refractivity (Wildman–Crippen MR) is 92.5 cm³/mol. The first-order chi connectivity index (χ1) is 11.1. The second-order valence-electron chi connectivity index (χ2n) is 5.20. The fourth-order valence-corrected chi connectivity index (χ4v) is 3.51. The normalized spacial score (nSPS) is 11.3. The quantitative estimate of drug-likeness (QED) is 0.393. The summed E-state index contributed by atoms with van der Waals surface area (Å²) in [6, 6.07) is 6.91. The molecule has 23 heavy (non-hydrogen) atoms. The number of hydrogen-bond acceptors (Lipinski definition) is 4. The van der Waals surface area contributed by atoms with E-state index in [0.29, 0.717) is 17.2 Å². The highest BCUT2D eigenvalue weighted by Crippen LogP contribution is 2.30. The Kier molecular flexibility index (Phi) is 4.82. The van der Waals surface area contributed by atoms with Crippen molar-refractivity contribution in [1.29, 1.82) is 0 Å². The largest absolute Gasteiger partial charge is 0.305 e. The van der Waals surface area contributed by atoms with Crippen LogP contribution in [0.2, 0.25) is 0 Å². The number of alkyl halides is 1. The van der Waals surface area contributed by atoms with Gasteiger partial charge in [0.25, 0.3) is 0 Å². The standard InChI is InChI=1S/C16H16ClFN4S/c1-10-4-5-11-12(6-7-13(18)14(11)19-10)15-20-21-16(22(15)2)23-9-3-8-17/h4-7H,3,8-9H2,1-2H3. The maximum Gasteiger partial charge on any atom is 0.191 e. The summed E-state index contributed by atoms with van der Waals surface area (Å²) in [6.07, 6.45) is 0.914. The van der Waals surface area contributed by atoms with Crippen LogP contribution in [0.4, 0.5) is 4.39 Å². The average Bonchev–Trinajstić information content (AvgIpc) is 2.90. The number of nitrogens with zero attached hydrogens (tertiary/aromatic N) is 4. The number of aryl methyl sites for hydroxylation is 1. The van der Waals surface area contributed by atoms with Crippen molar-refractivity contribution in [3.8, 4) is 11.4 Å². The molecule has 7 heteroatoms. The SMILES string of the molecule is Cc1ccc2c(-c3nnc(SCCCCl)n3C)ccc(F)c2n1. The molecule has 0 radical (unpaired) electrons. The number of halogens is 2. The number of pyridine rings is 1. The molecule has 0 aliphatic carbocycles. The van der Waals surface area contributed by atoms with Crippen LogP contribution in [0.3, 0.4) is 0 Å². The van der Waals surface area contributed by atoms with E-state index in [1.165, 1.54) is 6.07 Å². The van der Waals surface area contributed by atoms with Gasteiger partial charge < -0.3 is 4.57 Å². The summed E-state index contributed by atoms with van der Waals surface area (Å²) in [6.45, 7) is 1.85. The van der Waals surface area contributed by atoms with Crippen LogP contribution >= 0.6 is 23.4 Å². The predicted octanol–water partition coefficient (Wildman–Crippen LogP) is 4.20. The third-order valence-electron chi connectivity index (χ3n) is 3.53. The Balaban J connectivity index is 2.06. The van der Waals surface area contributed by atoms with Crippen molar-refractivity contribution in [3.63, 3.8) is 0 Å². The van der Waals surface area contributed by atoms with Gasteiger partial charge in [-0.1, -0.05) is 17.8 Å². The van der Waals surface area contributed by atoms with Crippen molar-refractivity contribution >= 4 is 34.3 Å². The van der Waals surface area contributed by atoms with Crippen LogP contribution < -0.4 is 0 Å². The van der Waals surface area contributed by atoms with Gasteiger partial charge in [-0.15, -0.1) is 21.8 Å². The molecule has 0 saturated carbocycles. The molecule has 0 unspecified atom stereocenters. The third kappa shape index (κ3) is 3.19. The maximum absolute atomic E-state index is 14.1. The van der Waals surface area contributed by atoms with Crippen molar-refractivity contribution in [1.82, 2.24) is 19.7 Å². The van der Waals surface area contributed by atoms with E-state index in [4.69, 9.17) is 11.6 Å². The summed E-state index contributed by atoms with van der Waals surface area (Å²) >= 11 is 7.32. The van der Waals surface area contributed by atoms with Crippen LogP contribution in [0.15, 0.2) is 29.4 Å². The number of aromatic nitrogens is 4. The minimum Gasteiger partial charge on any atom is -0.305 e. The fourth-order valence-electron chi connectivity index (χ4n) is 2.37. The van der Waals surface area contributed by atoms with Gasteiger partial charge in [0.15, 0.2) is 11.0 Å². The van der Waals surface area contributed by atoms with Gasteiger partial charge in [-0.25, -0.2) is 4.39 Å². The molecule has 4 nitrogen and oxygen atoms in total. The van der Waals surface area contributed by atoms with Crippen LogP contribution in [0, 0.1) is 12.7 Å². The van der Waals surface area contributed by atoms with E-state index in [9.17, 15) is 4.39 Å². The molecule has 3 rings (SSSR count). The van der Waals surface area contributed by atoms with E-state index >= 15 is 0 Å². The van der Waals surface area contributed by atoms with E-state index in [0.717, 1.165) is 34.0 Å². The molecular formula is C16H16ClFN4S. The first-order valence-electron chi connectivity index (χ1n) is 7.26. The van der Waals surface area contributed by atoms with Gasteiger partial charge >= 0.3 is 0 Å². The summed E-state index contributed by atoms with van der Waals surface area (Å²) in [4.78, 5) is 4.31. The molecule has 0 aliphatic rings. The number of hydrogen-bond donors (Lipinski definition) is 0. The Bertz CT molecular complexity index is 849. The molecule has 1 aromatic carbocycles. The lowest BCUT2D eigenvalue weighted by Gasteiger charge is -2.08. The van der Waals surface area contributed by atoms with Crippen molar-refractivity contribution in [2.24, 2.45) is 7.05 Å². The Morgan fingerprint density at radius 3 is 2.83 bits per heavy atom. The van der Waals surface area contributed by atoms with Gasteiger partial charge in [-0.05, 0) is 31.5 Å². The lowest BCUT2D eigenvalue weighted by atomic mass is 10.1. The molecule has 0 bridgehead atoms. The minimum absolute atomic E-state index is 0.327. The molecule has 2 heterocycles. The Morgan fingerprint density at radius 1 is 1.22 bits per heavy atom. The second-order valence-corrected chi connectivity index (χ2v) is 6.64. The van der Waals surface area contributed by atoms with E-state index in [1.54, 1.807) is 17.8 Å². The van der Waals surface area contributed by atoms with Crippen LogP contribution in [0.25, 0.3) is 22.3 Å². The zero-order valence-corrected chi connectivity index (χ0v) is 14.5. The monoisotopic (exact) mass is 350 g/mol. The van der Waals surface area contributed by atoms with Gasteiger partial charge in [0.2, 0.25) is 0 Å². The average molecular weight is 351 g/mol. The molecule has 120 valence electrons. The molecule has 0 spiro atoms. The number of fused-ring (bicyclic) bond motifs is 1. The highest BCUT2D eigenvalue weighted by molar-refractivity contribution is 7.99. The number of rotatable bonds is 5. The molecule has 0 saturated heterocycles. The summed E-state index contributed by atoms with van der Waals surface area (Å²) in [5.74, 6) is 1.89. The molecule has 3 aromatic rings. The smallest absolute Gasteiger partial charge is 0.191 e. The zero-order valence-electron chi connectivity index (χ0n) is 12.9. The van der Waals surface area contributed by atoms with Crippen LogP contribution in [0.1, 0.15) is 12.1 Å². The molecule has 0 N–H and O–H groups in total. The lowest BCUT2D eigenvalue weighted by molar-refractivity contribution is 0.636. The highest BCUT2D eigenvalue weighted by atomic mass is 35.5. The first kappa shape index (κ1) is 16.2. The summed E-state index contributed by atoms with van der Waals surface area (Å²) in [7, 11) is 1.91. The third-order valence-corrected chi connectivity index (χ3v) is 4.91. The van der Waals surface area contributed by atoms with Crippen LogP contribution in [-0.4, -0.2) is 31.4 Å². The van der Waals surface area contributed by atoms with Gasteiger partial charge in [0.1, 0.15) is 11.3 Å². The Morgan fingerprint density at radius 2 is 2.04 bits per heavy atom. The van der Waals surface area contributed by atoms with Crippen molar-refractivity contribution in [2.45, 2.75) is 18.5 Å². The topological polar surface area (TPSA) is 43.6 Å². The van der Waals surface area contributed by atoms with Gasteiger partial charge in [0, 0.05) is 35.3 Å². The molecular weight excluding hydrogens is 335 g/mol. The van der Waals surface area contributed by atoms with E-state index in [2.05, 4.69) is 15.2 Å². The fraction of sp³-hybridized carbons (Fsp3) is 0.312. The number of benzene rings is 1. The molecule has 0 fully saturated rings. The molecule has 0 aliphatic heterocycles. The highest BCUT2D eigenvalue weighted by Gasteiger charge is 2.16. The maximum atomic E-state index is 14.1. The van der Waals surface area contributed by atoms with Crippen LogP contribution in [0.5, 0.6) is 0 Å². The zero-order chi connectivity index (χ0) is 16.4. The summed E-state index contributed by atoms with van der Waals surface area (Å²) in [5, 5.41) is 10.1. The minimum atomic E-state index is -0.327. The van der Waals surface area contributed by atoms with Gasteiger partial charge in [-0.2, -0.15) is 0 Å². The molecule has 0 atom stereocenters. The van der Waals surface area contributed by atoms with Crippen molar-refractivity contribution < 1.29 is 4.39 Å². The second kappa shape index (κ2) is 6.84. The van der Waals surface area contributed by atoms with Gasteiger partial charge in [-0.3, -0.25) is 4.98 Å². The number of thioether (sulfide) groups is 1. The first-order valence-corrected chi connectivity index (χ1v) is 8.78. The summed E-state index contributed by atoms with van der Waals surface area (Å²) in [5.41, 5.74) is 1.97. The Labute approximate surface area is 143 Å². The Hall–Kier alpha value is -1.66. The van der Waals surface area contributed by atoms with Gasteiger partial charge in [0.05, 0.1) is 0 Å². The van der Waals surface area contributed by atoms with Crippen molar-refractivity contribution in [2.75, 3.05) is 11.6 Å². The van der Waals surface area contributed by atoms with E-state index < -0.39 is 0 Å². The summed E-state index contributed by atoms with van der Waals surface area (Å²) < 4.78 is 16.0.